The Bertz CT molecular complexity index is 1280. The standard InChI is InChI=1S/C29H32N2O2/c1-18-23(14-19-15-24(28(2,3)4)26(32)25(16-19)29(5,6)7)27(33)31(30-18)22-13-12-20-10-8-9-11-21(20)17-22/h8-17,32H,1-7H3/b23-14-. The second kappa shape index (κ2) is 7.87. The number of nitrogens with zero attached hydrogens (tertiary/aromatic N) is 2. The van der Waals surface area contributed by atoms with Crippen LogP contribution in [0.4, 0.5) is 5.69 Å². The summed E-state index contributed by atoms with van der Waals surface area (Å²) in [7, 11) is 0. The Hall–Kier alpha value is -3.40. The van der Waals surface area contributed by atoms with Gasteiger partial charge in [-0.3, -0.25) is 4.79 Å². The van der Waals surface area contributed by atoms with Gasteiger partial charge in [-0.15, -0.1) is 0 Å². The van der Waals surface area contributed by atoms with E-state index in [4.69, 9.17) is 0 Å². The third kappa shape index (κ3) is 4.30. The Morgan fingerprint density at radius 3 is 2.00 bits per heavy atom. The fourth-order valence-electron chi connectivity index (χ4n) is 4.22. The van der Waals surface area contributed by atoms with Crippen molar-refractivity contribution >= 4 is 34.2 Å². The van der Waals surface area contributed by atoms with Crippen LogP contribution in [0.2, 0.25) is 0 Å². The number of phenols is 1. The van der Waals surface area contributed by atoms with Crippen LogP contribution in [-0.4, -0.2) is 16.7 Å². The van der Waals surface area contributed by atoms with Crippen LogP contribution in [0.5, 0.6) is 5.75 Å². The Balaban J connectivity index is 1.78. The number of benzene rings is 3. The van der Waals surface area contributed by atoms with Gasteiger partial charge in [-0.2, -0.15) is 10.1 Å². The largest absolute Gasteiger partial charge is 0.507 e. The van der Waals surface area contributed by atoms with Crippen LogP contribution < -0.4 is 5.01 Å². The molecule has 4 nitrogen and oxygen atoms in total. The molecule has 33 heavy (non-hydrogen) atoms. The van der Waals surface area contributed by atoms with Crippen LogP contribution in [-0.2, 0) is 15.6 Å². The average molecular weight is 441 g/mol. The molecular weight excluding hydrogens is 408 g/mol. The molecule has 0 aliphatic carbocycles. The maximum atomic E-state index is 13.4. The molecule has 1 amide bonds. The van der Waals surface area contributed by atoms with Crippen molar-refractivity contribution in [3.05, 3.63) is 76.9 Å². The lowest BCUT2D eigenvalue weighted by molar-refractivity contribution is -0.114. The number of hydrogen-bond acceptors (Lipinski definition) is 3. The van der Waals surface area contributed by atoms with Crippen LogP contribution in [0.3, 0.4) is 0 Å². The zero-order chi connectivity index (χ0) is 24.1. The lowest BCUT2D eigenvalue weighted by atomic mass is 9.78. The van der Waals surface area contributed by atoms with Gasteiger partial charge >= 0.3 is 0 Å². The maximum Gasteiger partial charge on any atom is 0.280 e. The van der Waals surface area contributed by atoms with E-state index >= 15 is 0 Å². The van der Waals surface area contributed by atoms with Crippen molar-refractivity contribution in [1.29, 1.82) is 0 Å². The molecule has 4 heteroatoms. The third-order valence-corrected chi connectivity index (χ3v) is 6.10. The molecule has 0 spiro atoms. The lowest BCUT2D eigenvalue weighted by Gasteiger charge is -2.28. The van der Waals surface area contributed by atoms with Crippen molar-refractivity contribution in [3.8, 4) is 5.75 Å². The molecule has 0 bridgehead atoms. The minimum Gasteiger partial charge on any atom is -0.507 e. The number of anilines is 1. The summed E-state index contributed by atoms with van der Waals surface area (Å²) < 4.78 is 0. The molecule has 4 rings (SSSR count). The Kier molecular flexibility index (Phi) is 5.44. The quantitative estimate of drug-likeness (QED) is 0.439. The van der Waals surface area contributed by atoms with Crippen molar-refractivity contribution in [3.63, 3.8) is 0 Å². The Morgan fingerprint density at radius 1 is 0.848 bits per heavy atom. The molecule has 0 saturated heterocycles. The van der Waals surface area contributed by atoms with E-state index < -0.39 is 0 Å². The van der Waals surface area contributed by atoms with Crippen LogP contribution in [0.15, 0.2) is 65.3 Å². The van der Waals surface area contributed by atoms with E-state index in [0.717, 1.165) is 33.2 Å². The SMILES string of the molecule is CC1=NN(c2ccc3ccccc3c2)C(=O)/C1=C\c1cc(C(C)(C)C)c(O)c(C(C)(C)C)c1. The van der Waals surface area contributed by atoms with Crippen LogP contribution in [0, 0.1) is 0 Å². The van der Waals surface area contributed by atoms with Gasteiger partial charge in [0.25, 0.3) is 5.91 Å². The first-order valence-electron chi connectivity index (χ1n) is 11.3. The van der Waals surface area contributed by atoms with Gasteiger partial charge in [0.15, 0.2) is 0 Å². The molecule has 0 aromatic heterocycles. The molecule has 0 saturated carbocycles. The molecule has 1 aliphatic rings. The number of aromatic hydroxyl groups is 1. The third-order valence-electron chi connectivity index (χ3n) is 6.10. The second-order valence-electron chi connectivity index (χ2n) is 10.9. The van der Waals surface area contributed by atoms with Gasteiger partial charge in [0.2, 0.25) is 0 Å². The summed E-state index contributed by atoms with van der Waals surface area (Å²) >= 11 is 0. The predicted octanol–water partition coefficient (Wildman–Crippen LogP) is 6.95. The summed E-state index contributed by atoms with van der Waals surface area (Å²) in [6, 6.07) is 18.0. The molecule has 1 aliphatic heterocycles. The average Bonchev–Trinajstić information content (AvgIpc) is 3.01. The van der Waals surface area contributed by atoms with E-state index in [9.17, 15) is 9.90 Å². The van der Waals surface area contributed by atoms with Gasteiger partial charge in [0.1, 0.15) is 5.75 Å². The molecule has 170 valence electrons. The summed E-state index contributed by atoms with van der Waals surface area (Å²) in [5.41, 5.74) is 4.14. The number of fused-ring (bicyclic) bond motifs is 1. The van der Waals surface area contributed by atoms with Gasteiger partial charge in [-0.25, -0.2) is 0 Å². The summed E-state index contributed by atoms with van der Waals surface area (Å²) in [6.45, 7) is 14.4. The highest BCUT2D eigenvalue weighted by Crippen LogP contribution is 2.40. The summed E-state index contributed by atoms with van der Waals surface area (Å²) in [5, 5.41) is 19.2. The number of carbonyl (C=O) groups is 1. The van der Waals surface area contributed by atoms with E-state index in [1.165, 1.54) is 5.01 Å². The first kappa shape index (κ1) is 22.8. The highest BCUT2D eigenvalue weighted by molar-refractivity contribution is 6.32. The van der Waals surface area contributed by atoms with E-state index in [0.29, 0.717) is 17.0 Å². The molecule has 0 unspecified atom stereocenters. The van der Waals surface area contributed by atoms with Gasteiger partial charge in [0, 0.05) is 11.1 Å². The van der Waals surface area contributed by atoms with Crippen molar-refractivity contribution in [2.24, 2.45) is 5.10 Å². The topological polar surface area (TPSA) is 52.9 Å². The van der Waals surface area contributed by atoms with Gasteiger partial charge in [0.05, 0.1) is 17.0 Å². The number of hydrogen-bond donors (Lipinski definition) is 1. The highest BCUT2D eigenvalue weighted by Gasteiger charge is 2.30. The Labute approximate surface area is 196 Å². The van der Waals surface area contributed by atoms with E-state index in [-0.39, 0.29) is 16.7 Å². The zero-order valence-corrected chi connectivity index (χ0v) is 20.5. The zero-order valence-electron chi connectivity index (χ0n) is 20.5. The van der Waals surface area contributed by atoms with E-state index in [2.05, 4.69) is 52.7 Å². The fraction of sp³-hybridized carbons (Fsp3) is 0.310. The van der Waals surface area contributed by atoms with Crippen molar-refractivity contribution in [2.45, 2.75) is 59.3 Å². The number of carbonyl (C=O) groups excluding carboxylic acids is 1. The molecule has 3 aromatic rings. The Morgan fingerprint density at radius 2 is 1.42 bits per heavy atom. The molecule has 0 fully saturated rings. The smallest absolute Gasteiger partial charge is 0.280 e. The van der Waals surface area contributed by atoms with E-state index in [1.54, 1.807) is 0 Å². The molecule has 1 heterocycles. The van der Waals surface area contributed by atoms with E-state index in [1.807, 2.05) is 61.5 Å². The summed E-state index contributed by atoms with van der Waals surface area (Å²) in [4.78, 5) is 13.4. The molecule has 1 N–H and O–H groups in total. The lowest BCUT2D eigenvalue weighted by Crippen LogP contribution is -2.21. The maximum absolute atomic E-state index is 13.4. The van der Waals surface area contributed by atoms with Gasteiger partial charge in [-0.05, 0) is 64.4 Å². The first-order chi connectivity index (χ1) is 15.4. The monoisotopic (exact) mass is 440 g/mol. The normalized spacial score (nSPS) is 16.1. The van der Waals surface area contributed by atoms with Crippen LogP contribution in [0.1, 0.15) is 65.2 Å². The minimum absolute atomic E-state index is 0.148. The summed E-state index contributed by atoms with van der Waals surface area (Å²) in [6.07, 6.45) is 1.89. The number of amides is 1. The minimum atomic E-state index is -0.238. The van der Waals surface area contributed by atoms with Gasteiger partial charge < -0.3 is 5.11 Å². The summed E-state index contributed by atoms with van der Waals surface area (Å²) in [5.74, 6) is 0.184. The molecule has 3 aromatic carbocycles. The second-order valence-corrected chi connectivity index (χ2v) is 10.9. The molecule has 0 atom stereocenters. The first-order valence-corrected chi connectivity index (χ1v) is 11.3. The number of rotatable bonds is 2. The van der Waals surface area contributed by atoms with Crippen LogP contribution >= 0.6 is 0 Å². The highest BCUT2D eigenvalue weighted by atomic mass is 16.3. The van der Waals surface area contributed by atoms with Gasteiger partial charge in [-0.1, -0.05) is 71.9 Å². The van der Waals surface area contributed by atoms with Crippen molar-refractivity contribution in [2.75, 3.05) is 5.01 Å². The molecular formula is C29H32N2O2. The van der Waals surface area contributed by atoms with Crippen LogP contribution in [0.25, 0.3) is 16.8 Å². The number of phenolic OH excluding ortho intramolecular Hbond substituents is 1. The number of hydrazone groups is 1. The fourth-order valence-corrected chi connectivity index (χ4v) is 4.22. The predicted molar refractivity (Wildman–Crippen MR) is 138 cm³/mol. The molecule has 0 radical (unpaired) electrons. The van der Waals surface area contributed by atoms with Crippen molar-refractivity contribution < 1.29 is 9.90 Å². The van der Waals surface area contributed by atoms with Crippen molar-refractivity contribution in [1.82, 2.24) is 0 Å².